The van der Waals surface area contributed by atoms with Gasteiger partial charge >= 0.3 is 0 Å². The van der Waals surface area contributed by atoms with Crippen LogP contribution >= 0.6 is 0 Å². The van der Waals surface area contributed by atoms with Crippen molar-refractivity contribution in [2.45, 2.75) is 5.16 Å². The van der Waals surface area contributed by atoms with E-state index in [2.05, 4.69) is 16.5 Å². The highest BCUT2D eigenvalue weighted by atomic mass is 32.2. The summed E-state index contributed by atoms with van der Waals surface area (Å²) in [5, 5.41) is 0.370. The van der Waals surface area contributed by atoms with Crippen molar-refractivity contribution in [1.82, 2.24) is 9.97 Å². The molecule has 0 spiro atoms. The molecule has 0 radical (unpaired) electrons. The fourth-order valence-electron chi connectivity index (χ4n) is 0.795. The van der Waals surface area contributed by atoms with Crippen LogP contribution < -0.4 is 9.47 Å². The molecule has 7 heteroatoms. The molecule has 0 saturated carbocycles. The fraction of sp³-hybridized carbons (Fsp3) is 0.250. The van der Waals surface area contributed by atoms with E-state index in [1.807, 2.05) is 0 Å². The zero-order valence-corrected chi connectivity index (χ0v) is 9.11. The number of sulfone groups is 1. The van der Waals surface area contributed by atoms with Crippen molar-refractivity contribution in [2.24, 2.45) is 0 Å². The van der Waals surface area contributed by atoms with E-state index in [9.17, 15) is 8.42 Å². The molecule has 0 atom stereocenters. The van der Waals surface area contributed by atoms with E-state index in [1.165, 1.54) is 20.3 Å². The van der Waals surface area contributed by atoms with E-state index in [4.69, 9.17) is 9.47 Å². The van der Waals surface area contributed by atoms with E-state index in [-0.39, 0.29) is 11.8 Å². The van der Waals surface area contributed by atoms with E-state index < -0.39 is 15.0 Å². The van der Waals surface area contributed by atoms with Crippen LogP contribution in [0.5, 0.6) is 11.8 Å². The van der Waals surface area contributed by atoms with E-state index in [1.54, 1.807) is 0 Å². The molecule has 1 rings (SSSR count). The molecule has 0 fully saturated rings. The highest BCUT2D eigenvalue weighted by Crippen LogP contribution is 2.18. The van der Waals surface area contributed by atoms with Crippen molar-refractivity contribution in [3.05, 3.63) is 18.1 Å². The third-order valence-corrected chi connectivity index (χ3v) is 2.68. The van der Waals surface area contributed by atoms with Crippen molar-refractivity contribution >= 4 is 9.84 Å². The Morgan fingerprint density at radius 3 is 2.07 bits per heavy atom. The Hall–Kier alpha value is -1.63. The first-order chi connectivity index (χ1) is 7.03. The third kappa shape index (κ3) is 2.44. The first-order valence-electron chi connectivity index (χ1n) is 3.88. The largest absolute Gasteiger partial charge is 0.481 e. The van der Waals surface area contributed by atoms with Gasteiger partial charge in [-0.1, -0.05) is 6.58 Å². The van der Waals surface area contributed by atoms with Crippen LogP contribution in [0.1, 0.15) is 0 Å². The van der Waals surface area contributed by atoms with E-state index in [0.717, 1.165) is 5.41 Å². The van der Waals surface area contributed by atoms with E-state index in [0.29, 0.717) is 0 Å². The van der Waals surface area contributed by atoms with Crippen molar-refractivity contribution in [3.8, 4) is 11.8 Å². The van der Waals surface area contributed by atoms with Crippen LogP contribution in [-0.2, 0) is 9.84 Å². The Kier molecular flexibility index (Phi) is 3.25. The first kappa shape index (κ1) is 11.4. The van der Waals surface area contributed by atoms with Crippen LogP contribution in [0, 0.1) is 0 Å². The number of hydrogen-bond acceptors (Lipinski definition) is 6. The maximum Gasteiger partial charge on any atom is 0.257 e. The number of ether oxygens (including phenoxy) is 2. The molecular formula is C8H10N2O4S. The Labute approximate surface area is 87.5 Å². The molecule has 0 unspecified atom stereocenters. The quantitative estimate of drug-likeness (QED) is 0.697. The molecule has 82 valence electrons. The van der Waals surface area contributed by atoms with Gasteiger partial charge in [-0.15, -0.1) is 0 Å². The molecular weight excluding hydrogens is 220 g/mol. The summed E-state index contributed by atoms with van der Waals surface area (Å²) in [6, 6.07) is 1.38. The van der Waals surface area contributed by atoms with Gasteiger partial charge in [0.05, 0.1) is 20.3 Å². The molecule has 0 amide bonds. The molecule has 0 bridgehead atoms. The Balaban J connectivity index is 3.36. The van der Waals surface area contributed by atoms with Gasteiger partial charge in [-0.3, -0.25) is 0 Å². The van der Waals surface area contributed by atoms with Crippen LogP contribution in [0.25, 0.3) is 0 Å². The van der Waals surface area contributed by atoms with Gasteiger partial charge in [-0.25, -0.2) is 8.42 Å². The lowest BCUT2D eigenvalue weighted by molar-refractivity contribution is 0.363. The van der Waals surface area contributed by atoms with Crippen LogP contribution in [0.2, 0.25) is 0 Å². The van der Waals surface area contributed by atoms with Crippen LogP contribution in [0.4, 0.5) is 0 Å². The average molecular weight is 230 g/mol. The summed E-state index contributed by atoms with van der Waals surface area (Å²) in [5.74, 6) is 0.226. The smallest absolute Gasteiger partial charge is 0.257 e. The molecule has 0 aliphatic carbocycles. The van der Waals surface area contributed by atoms with Gasteiger partial charge in [0.1, 0.15) is 0 Å². The zero-order valence-electron chi connectivity index (χ0n) is 8.30. The summed E-state index contributed by atoms with van der Waals surface area (Å²) in [7, 11) is -0.947. The van der Waals surface area contributed by atoms with Gasteiger partial charge in [0, 0.05) is 5.41 Å². The average Bonchev–Trinajstić information content (AvgIpc) is 2.28. The molecule has 0 aliphatic rings. The summed E-state index contributed by atoms with van der Waals surface area (Å²) in [5.41, 5.74) is 0. The van der Waals surface area contributed by atoms with Gasteiger partial charge in [0.25, 0.3) is 5.16 Å². The standard InChI is InChI=1S/C8H10N2O4S/c1-4-15(11,12)8-9-6(13-2)5-7(10-8)14-3/h4-5H,1H2,2-3H3. The van der Waals surface area contributed by atoms with E-state index >= 15 is 0 Å². The second-order valence-corrected chi connectivity index (χ2v) is 4.24. The van der Waals surface area contributed by atoms with Gasteiger partial charge in [-0.2, -0.15) is 9.97 Å². The van der Waals surface area contributed by atoms with Gasteiger partial charge in [-0.05, 0) is 0 Å². The minimum atomic E-state index is -3.68. The van der Waals surface area contributed by atoms with Crippen LogP contribution in [0.3, 0.4) is 0 Å². The Bertz CT molecular complexity index is 447. The minimum absolute atomic E-state index is 0.113. The number of aromatic nitrogens is 2. The molecule has 1 aromatic heterocycles. The third-order valence-electron chi connectivity index (χ3n) is 1.55. The van der Waals surface area contributed by atoms with Crippen molar-refractivity contribution in [3.63, 3.8) is 0 Å². The summed E-state index contributed by atoms with van der Waals surface area (Å²) < 4.78 is 32.4. The molecule has 1 heterocycles. The predicted octanol–water partition coefficient (Wildman–Crippen LogP) is 0.411. The molecule has 0 aromatic carbocycles. The SMILES string of the molecule is C=CS(=O)(=O)c1nc(OC)cc(OC)n1. The molecule has 0 N–H and O–H groups in total. The predicted molar refractivity (Wildman–Crippen MR) is 52.5 cm³/mol. The summed E-state index contributed by atoms with van der Waals surface area (Å²) in [4.78, 5) is 7.34. The summed E-state index contributed by atoms with van der Waals surface area (Å²) in [6.07, 6.45) is 0. The molecule has 15 heavy (non-hydrogen) atoms. The fourth-order valence-corrected chi connectivity index (χ4v) is 1.38. The minimum Gasteiger partial charge on any atom is -0.481 e. The normalized spacial score (nSPS) is 10.8. The second kappa shape index (κ2) is 4.26. The summed E-state index contributed by atoms with van der Waals surface area (Å²) in [6.45, 7) is 3.17. The lowest BCUT2D eigenvalue weighted by atomic mass is 10.6. The highest BCUT2D eigenvalue weighted by molar-refractivity contribution is 7.94. The van der Waals surface area contributed by atoms with Crippen LogP contribution in [0.15, 0.2) is 23.2 Å². The summed E-state index contributed by atoms with van der Waals surface area (Å²) >= 11 is 0. The van der Waals surface area contributed by atoms with Gasteiger partial charge in [0.15, 0.2) is 0 Å². The molecule has 0 saturated heterocycles. The Morgan fingerprint density at radius 1 is 1.27 bits per heavy atom. The monoisotopic (exact) mass is 230 g/mol. The number of rotatable bonds is 4. The zero-order chi connectivity index (χ0) is 11.5. The van der Waals surface area contributed by atoms with Gasteiger partial charge < -0.3 is 9.47 Å². The second-order valence-electron chi connectivity index (χ2n) is 2.45. The number of hydrogen-bond donors (Lipinski definition) is 0. The van der Waals surface area contributed by atoms with Crippen molar-refractivity contribution in [1.29, 1.82) is 0 Å². The number of methoxy groups -OCH3 is 2. The Morgan fingerprint density at radius 2 is 1.73 bits per heavy atom. The molecule has 1 aromatic rings. The number of nitrogens with zero attached hydrogens (tertiary/aromatic N) is 2. The maximum atomic E-state index is 11.4. The van der Waals surface area contributed by atoms with Crippen molar-refractivity contribution in [2.75, 3.05) is 14.2 Å². The molecule has 6 nitrogen and oxygen atoms in total. The van der Waals surface area contributed by atoms with Crippen LogP contribution in [-0.4, -0.2) is 32.6 Å². The topological polar surface area (TPSA) is 78.4 Å². The van der Waals surface area contributed by atoms with Gasteiger partial charge in [0.2, 0.25) is 21.6 Å². The highest BCUT2D eigenvalue weighted by Gasteiger charge is 2.16. The van der Waals surface area contributed by atoms with Crippen molar-refractivity contribution < 1.29 is 17.9 Å². The maximum absolute atomic E-state index is 11.4. The lowest BCUT2D eigenvalue weighted by Crippen LogP contribution is -2.05. The lowest BCUT2D eigenvalue weighted by Gasteiger charge is -2.04. The molecule has 0 aliphatic heterocycles. The first-order valence-corrected chi connectivity index (χ1v) is 5.42.